The summed E-state index contributed by atoms with van der Waals surface area (Å²) in [6, 6.07) is 12.1. The quantitative estimate of drug-likeness (QED) is 0.600. The first kappa shape index (κ1) is 22.7. The van der Waals surface area contributed by atoms with Crippen molar-refractivity contribution in [1.82, 2.24) is 14.5 Å². The molecule has 3 aromatic rings. The minimum Gasteiger partial charge on any atom is -0.495 e. The van der Waals surface area contributed by atoms with Gasteiger partial charge in [-0.2, -0.15) is 0 Å². The van der Waals surface area contributed by atoms with Crippen molar-refractivity contribution in [2.45, 2.75) is 25.8 Å². The number of likely N-dealkylation sites (tertiary alicyclic amines) is 1. The lowest BCUT2D eigenvalue weighted by molar-refractivity contribution is 0.176. The molecule has 2 aromatic carbocycles. The summed E-state index contributed by atoms with van der Waals surface area (Å²) in [6.45, 7) is 2.65. The third-order valence-electron chi connectivity index (χ3n) is 5.95. The maximum atomic E-state index is 13.4. The Balaban J connectivity index is 1.65. The van der Waals surface area contributed by atoms with Crippen molar-refractivity contribution >= 4 is 11.9 Å². The largest absolute Gasteiger partial charge is 0.495 e. The topological polar surface area (TPSA) is 62.9 Å². The van der Waals surface area contributed by atoms with E-state index in [0.29, 0.717) is 0 Å². The molecule has 0 saturated carbocycles. The number of aliphatic hydroxyl groups excluding tert-OH is 1. The van der Waals surface area contributed by atoms with Crippen LogP contribution in [0, 0.1) is 12.7 Å². The van der Waals surface area contributed by atoms with Crippen LogP contribution in [0.5, 0.6) is 5.75 Å². The highest BCUT2D eigenvalue weighted by Crippen LogP contribution is 2.31. The number of imidazole rings is 1. The number of rotatable bonds is 6. The first-order valence-electron chi connectivity index (χ1n) is 11.0. The number of aliphatic hydroxyl groups is 1. The first-order chi connectivity index (χ1) is 16.0. The van der Waals surface area contributed by atoms with Crippen molar-refractivity contribution in [3.63, 3.8) is 0 Å². The molecule has 1 unspecified atom stereocenters. The van der Waals surface area contributed by atoms with Crippen LogP contribution in [0.2, 0.25) is 0 Å². The number of benzene rings is 2. The maximum absolute atomic E-state index is 13.4. The van der Waals surface area contributed by atoms with E-state index in [1.165, 1.54) is 12.1 Å². The van der Waals surface area contributed by atoms with Crippen LogP contribution in [0.4, 0.5) is 4.39 Å². The van der Waals surface area contributed by atoms with Gasteiger partial charge >= 0.3 is 0 Å². The molecular formula is C26H29FN4O2. The molecule has 1 saturated heterocycles. The molecule has 0 amide bonds. The van der Waals surface area contributed by atoms with E-state index in [9.17, 15) is 9.50 Å². The van der Waals surface area contributed by atoms with Crippen LogP contribution in [0.1, 0.15) is 35.7 Å². The molecular weight excluding hydrogens is 419 g/mol. The Bertz CT molecular complexity index is 1170. The number of aromatic nitrogens is 2. The number of nitrogens with zero attached hydrogens (tertiary/aromatic N) is 4. The molecule has 6 nitrogen and oxygen atoms in total. The van der Waals surface area contributed by atoms with Crippen LogP contribution >= 0.6 is 0 Å². The normalized spacial score (nSPS) is 17.5. The predicted octanol–water partition coefficient (Wildman–Crippen LogP) is 4.57. The Hall–Kier alpha value is -3.45. The fraction of sp³-hybridized carbons (Fsp3) is 0.308. The van der Waals surface area contributed by atoms with Gasteiger partial charge in [-0.1, -0.05) is 18.2 Å². The zero-order valence-corrected chi connectivity index (χ0v) is 19.2. The van der Waals surface area contributed by atoms with Gasteiger partial charge in [0.25, 0.3) is 0 Å². The molecule has 7 heteroatoms. The van der Waals surface area contributed by atoms with E-state index in [2.05, 4.69) is 27.0 Å². The average molecular weight is 449 g/mol. The monoisotopic (exact) mass is 448 g/mol. The van der Waals surface area contributed by atoms with Crippen LogP contribution in [0.25, 0.3) is 11.8 Å². The zero-order chi connectivity index (χ0) is 23.4. The lowest BCUT2D eigenvalue weighted by Gasteiger charge is -2.38. The molecule has 1 N–H and O–H groups in total. The summed E-state index contributed by atoms with van der Waals surface area (Å²) in [5.41, 5.74) is 4.83. The van der Waals surface area contributed by atoms with Crippen molar-refractivity contribution in [3.8, 4) is 11.4 Å². The van der Waals surface area contributed by atoms with Gasteiger partial charge in [-0.15, -0.1) is 0 Å². The summed E-state index contributed by atoms with van der Waals surface area (Å²) >= 11 is 0. The van der Waals surface area contributed by atoms with Gasteiger partial charge in [0.15, 0.2) is 0 Å². The molecule has 1 aliphatic rings. The van der Waals surface area contributed by atoms with Crippen LogP contribution in [-0.4, -0.2) is 52.7 Å². The second-order valence-corrected chi connectivity index (χ2v) is 8.12. The van der Waals surface area contributed by atoms with Crippen molar-refractivity contribution in [1.29, 1.82) is 0 Å². The molecule has 1 aliphatic heterocycles. The SMILES string of the molecule is CN=C1/C(=C/c2ccc(-n3cnc(C)c3)c(OC)c2)CCCN1C(CO)c1ccc(F)cc1. The number of aryl methyl sites for hydroxylation is 1. The minimum atomic E-state index is -0.290. The average Bonchev–Trinajstić information content (AvgIpc) is 3.27. The molecule has 1 fully saturated rings. The highest BCUT2D eigenvalue weighted by molar-refractivity contribution is 6.03. The Morgan fingerprint density at radius 2 is 2.03 bits per heavy atom. The summed E-state index contributed by atoms with van der Waals surface area (Å²) in [4.78, 5) is 11.0. The molecule has 0 radical (unpaired) electrons. The highest BCUT2D eigenvalue weighted by Gasteiger charge is 2.28. The molecule has 0 spiro atoms. The van der Waals surface area contributed by atoms with E-state index < -0.39 is 0 Å². The van der Waals surface area contributed by atoms with Gasteiger partial charge in [-0.05, 0) is 66.8 Å². The van der Waals surface area contributed by atoms with E-state index in [-0.39, 0.29) is 18.5 Å². The fourth-order valence-corrected chi connectivity index (χ4v) is 4.37. The highest BCUT2D eigenvalue weighted by atomic mass is 19.1. The second kappa shape index (κ2) is 10.0. The third-order valence-corrected chi connectivity index (χ3v) is 5.95. The van der Waals surface area contributed by atoms with Crippen LogP contribution < -0.4 is 4.74 Å². The van der Waals surface area contributed by atoms with E-state index >= 15 is 0 Å². The van der Waals surface area contributed by atoms with Gasteiger partial charge < -0.3 is 19.3 Å². The van der Waals surface area contributed by atoms with Crippen LogP contribution in [-0.2, 0) is 0 Å². The van der Waals surface area contributed by atoms with Crippen LogP contribution in [0.15, 0.2) is 65.6 Å². The summed E-state index contributed by atoms with van der Waals surface area (Å²) in [5.74, 6) is 1.31. The Morgan fingerprint density at radius 1 is 1.24 bits per heavy atom. The molecule has 4 rings (SSSR count). The molecule has 172 valence electrons. The van der Waals surface area contributed by atoms with Gasteiger partial charge in [-0.3, -0.25) is 4.99 Å². The number of ether oxygens (including phenoxy) is 1. The zero-order valence-electron chi connectivity index (χ0n) is 19.2. The van der Waals surface area contributed by atoms with E-state index in [4.69, 9.17) is 4.74 Å². The molecule has 2 heterocycles. The van der Waals surface area contributed by atoms with Crippen LogP contribution in [0.3, 0.4) is 0 Å². The van der Waals surface area contributed by atoms with Crippen molar-refractivity contribution in [2.24, 2.45) is 4.99 Å². The standard InChI is InChI=1S/C26H29FN4O2/c1-18-15-30(17-29-18)23-11-6-19(14-25(23)33-3)13-21-5-4-12-31(26(21)28-2)24(16-32)20-7-9-22(27)10-8-20/h6-11,13-15,17,24,32H,4-5,12,16H2,1-3H3/b21-13+,28-26?. The lowest BCUT2D eigenvalue weighted by atomic mass is 9.96. The minimum absolute atomic E-state index is 0.0786. The smallest absolute Gasteiger partial charge is 0.143 e. The number of methoxy groups -OCH3 is 1. The fourth-order valence-electron chi connectivity index (χ4n) is 4.37. The van der Waals surface area contributed by atoms with Crippen molar-refractivity contribution in [3.05, 3.63) is 83.2 Å². The summed E-state index contributed by atoms with van der Waals surface area (Å²) in [5, 5.41) is 10.2. The summed E-state index contributed by atoms with van der Waals surface area (Å²) in [7, 11) is 3.43. The Morgan fingerprint density at radius 3 is 2.67 bits per heavy atom. The number of piperidine rings is 1. The van der Waals surface area contributed by atoms with Gasteiger partial charge in [0, 0.05) is 19.8 Å². The molecule has 33 heavy (non-hydrogen) atoms. The second-order valence-electron chi connectivity index (χ2n) is 8.12. The Kier molecular flexibility index (Phi) is 6.89. The summed E-state index contributed by atoms with van der Waals surface area (Å²) in [6.07, 6.45) is 7.68. The Labute approximate surface area is 193 Å². The third kappa shape index (κ3) is 4.83. The van der Waals surface area contributed by atoms with Gasteiger partial charge in [0.05, 0.1) is 37.5 Å². The lowest BCUT2D eigenvalue weighted by Crippen LogP contribution is -2.41. The van der Waals surface area contributed by atoms with Gasteiger partial charge in [-0.25, -0.2) is 9.37 Å². The number of hydrogen-bond acceptors (Lipinski definition) is 4. The van der Waals surface area contributed by atoms with Crippen molar-refractivity contribution in [2.75, 3.05) is 27.3 Å². The molecule has 0 bridgehead atoms. The van der Waals surface area contributed by atoms with E-state index in [1.54, 1.807) is 32.6 Å². The number of hydrogen-bond donors (Lipinski definition) is 1. The molecule has 0 aliphatic carbocycles. The van der Waals surface area contributed by atoms with Crippen molar-refractivity contribution < 1.29 is 14.2 Å². The number of amidine groups is 1. The van der Waals surface area contributed by atoms with E-state index in [0.717, 1.165) is 59.1 Å². The molecule has 1 aromatic heterocycles. The molecule has 1 atom stereocenters. The van der Waals surface area contributed by atoms with Gasteiger partial charge in [0.2, 0.25) is 0 Å². The predicted molar refractivity (Wildman–Crippen MR) is 128 cm³/mol. The number of halogens is 1. The summed E-state index contributed by atoms with van der Waals surface area (Å²) < 4.78 is 21.0. The maximum Gasteiger partial charge on any atom is 0.143 e. The van der Waals surface area contributed by atoms with Gasteiger partial charge in [0.1, 0.15) is 17.4 Å². The van der Waals surface area contributed by atoms with E-state index in [1.807, 2.05) is 29.8 Å². The number of aliphatic imine (C=N–C) groups is 1. The first-order valence-corrected chi connectivity index (χ1v) is 11.0.